The molecule has 0 fully saturated rings. The average molecular weight is 259 g/mol. The number of hydrogen-bond donors (Lipinski definition) is 3. The number of ether oxygens (including phenoxy) is 1. The summed E-state index contributed by atoms with van der Waals surface area (Å²) in [4.78, 5) is 10.4. The molecular weight excluding hydrogens is 244 g/mol. The fourth-order valence-corrected chi connectivity index (χ4v) is 1.58. The fourth-order valence-electron chi connectivity index (χ4n) is 1.32. The van der Waals surface area contributed by atoms with Gasteiger partial charge in [0.05, 0.1) is 18.6 Å². The van der Waals surface area contributed by atoms with Crippen LogP contribution in [0.25, 0.3) is 0 Å². The lowest BCUT2D eigenvalue weighted by Crippen LogP contribution is -2.31. The lowest BCUT2D eigenvalue weighted by molar-refractivity contribution is -0.137. The minimum atomic E-state index is -0.910. The maximum Gasteiger partial charge on any atom is 0.304 e. The summed E-state index contributed by atoms with van der Waals surface area (Å²) in [5, 5.41) is 12.1. The van der Waals surface area contributed by atoms with Crippen LogP contribution in [0.2, 0.25) is 5.02 Å². The van der Waals surface area contributed by atoms with Gasteiger partial charge in [-0.25, -0.2) is 0 Å². The number of methoxy groups -OCH3 is 1. The minimum Gasteiger partial charge on any atom is -0.495 e. The van der Waals surface area contributed by atoms with Gasteiger partial charge >= 0.3 is 5.97 Å². The number of aliphatic carboxylic acids is 1. The third-order valence-corrected chi connectivity index (χ3v) is 2.45. The molecule has 0 heterocycles. The van der Waals surface area contributed by atoms with E-state index >= 15 is 0 Å². The summed E-state index contributed by atoms with van der Waals surface area (Å²) in [5.74, 6) is -0.320. The van der Waals surface area contributed by atoms with Crippen LogP contribution in [0.3, 0.4) is 0 Å². The Morgan fingerprint density at radius 3 is 2.88 bits per heavy atom. The monoisotopic (exact) mass is 258 g/mol. The zero-order valence-electron chi connectivity index (χ0n) is 9.44. The summed E-state index contributed by atoms with van der Waals surface area (Å²) >= 11 is 5.94. The molecule has 0 saturated carbocycles. The highest BCUT2D eigenvalue weighted by molar-refractivity contribution is 6.32. The Labute approximate surface area is 105 Å². The molecule has 1 aromatic rings. The van der Waals surface area contributed by atoms with Crippen molar-refractivity contribution >= 4 is 23.3 Å². The Morgan fingerprint density at radius 1 is 1.65 bits per heavy atom. The van der Waals surface area contributed by atoms with Crippen molar-refractivity contribution in [1.29, 1.82) is 0 Å². The van der Waals surface area contributed by atoms with E-state index in [2.05, 4.69) is 5.32 Å². The molecule has 0 saturated heterocycles. The molecule has 1 rings (SSSR count). The number of carbonyl (C=O) groups is 1. The smallest absolute Gasteiger partial charge is 0.304 e. The summed E-state index contributed by atoms with van der Waals surface area (Å²) < 4.78 is 5.02. The molecular formula is C11H15ClN2O3. The lowest BCUT2D eigenvalue weighted by atomic mass is 10.2. The third kappa shape index (κ3) is 4.50. The van der Waals surface area contributed by atoms with Crippen LogP contribution in [0.5, 0.6) is 5.75 Å². The quantitative estimate of drug-likeness (QED) is 0.721. The molecule has 1 atom stereocenters. The summed E-state index contributed by atoms with van der Waals surface area (Å²) in [6.45, 7) is 0.370. The van der Waals surface area contributed by atoms with Crippen molar-refractivity contribution in [2.75, 3.05) is 19.0 Å². The largest absolute Gasteiger partial charge is 0.495 e. The summed E-state index contributed by atoms with van der Waals surface area (Å²) in [5.41, 5.74) is 6.39. The molecule has 17 heavy (non-hydrogen) atoms. The van der Waals surface area contributed by atoms with Crippen molar-refractivity contribution in [2.45, 2.75) is 12.5 Å². The van der Waals surface area contributed by atoms with E-state index in [1.165, 1.54) is 7.11 Å². The van der Waals surface area contributed by atoms with E-state index in [-0.39, 0.29) is 6.42 Å². The van der Waals surface area contributed by atoms with E-state index in [9.17, 15) is 4.79 Å². The van der Waals surface area contributed by atoms with Crippen LogP contribution in [-0.4, -0.2) is 30.8 Å². The molecule has 1 unspecified atom stereocenters. The number of nitrogens with two attached hydrogens (primary N) is 1. The number of hydrogen-bond acceptors (Lipinski definition) is 4. The van der Waals surface area contributed by atoms with Gasteiger partial charge in [-0.05, 0) is 18.2 Å². The van der Waals surface area contributed by atoms with Gasteiger partial charge < -0.3 is 20.9 Å². The van der Waals surface area contributed by atoms with Gasteiger partial charge in [-0.15, -0.1) is 0 Å². The molecule has 0 spiro atoms. The molecule has 5 nitrogen and oxygen atoms in total. The summed E-state index contributed by atoms with van der Waals surface area (Å²) in [7, 11) is 1.54. The van der Waals surface area contributed by atoms with Crippen molar-refractivity contribution in [3.8, 4) is 5.75 Å². The molecule has 6 heteroatoms. The highest BCUT2D eigenvalue weighted by atomic mass is 35.5. The average Bonchev–Trinajstić information content (AvgIpc) is 2.25. The second-order valence-electron chi connectivity index (χ2n) is 3.59. The Kier molecular flexibility index (Phi) is 5.06. The Bertz CT molecular complexity index is 398. The Balaban J connectivity index is 2.52. The van der Waals surface area contributed by atoms with E-state index in [0.29, 0.717) is 17.3 Å². The first-order valence-corrected chi connectivity index (χ1v) is 5.45. The highest BCUT2D eigenvalue weighted by Gasteiger charge is 2.08. The molecule has 94 valence electrons. The zero-order valence-corrected chi connectivity index (χ0v) is 10.2. The highest BCUT2D eigenvalue weighted by Crippen LogP contribution is 2.27. The van der Waals surface area contributed by atoms with Gasteiger partial charge in [-0.1, -0.05) is 11.6 Å². The summed E-state index contributed by atoms with van der Waals surface area (Å²) in [6.07, 6.45) is -0.0725. The number of carboxylic acids is 1. The van der Waals surface area contributed by atoms with E-state index in [1.54, 1.807) is 18.2 Å². The Hall–Kier alpha value is -1.46. The maximum atomic E-state index is 10.4. The molecule has 0 aliphatic heterocycles. The van der Waals surface area contributed by atoms with Crippen molar-refractivity contribution in [2.24, 2.45) is 5.73 Å². The molecule has 0 aliphatic carbocycles. The zero-order chi connectivity index (χ0) is 12.8. The lowest BCUT2D eigenvalue weighted by Gasteiger charge is -2.12. The van der Waals surface area contributed by atoms with E-state index in [4.69, 9.17) is 27.2 Å². The van der Waals surface area contributed by atoms with Crippen LogP contribution < -0.4 is 15.8 Å². The molecule has 1 aromatic carbocycles. The van der Waals surface area contributed by atoms with Gasteiger partial charge in [-0.2, -0.15) is 0 Å². The second-order valence-corrected chi connectivity index (χ2v) is 4.00. The Morgan fingerprint density at radius 2 is 2.35 bits per heavy atom. The predicted octanol–water partition coefficient (Wildman–Crippen LogP) is 1.56. The molecule has 0 amide bonds. The topological polar surface area (TPSA) is 84.6 Å². The van der Waals surface area contributed by atoms with Gasteiger partial charge in [0.25, 0.3) is 0 Å². The van der Waals surface area contributed by atoms with Crippen LogP contribution in [-0.2, 0) is 4.79 Å². The van der Waals surface area contributed by atoms with Crippen LogP contribution in [0.4, 0.5) is 5.69 Å². The number of anilines is 1. The molecule has 0 radical (unpaired) electrons. The van der Waals surface area contributed by atoms with E-state index in [0.717, 1.165) is 5.69 Å². The van der Waals surface area contributed by atoms with Gasteiger partial charge in [0, 0.05) is 18.3 Å². The first kappa shape index (κ1) is 13.6. The van der Waals surface area contributed by atoms with Crippen LogP contribution in [0, 0.1) is 0 Å². The standard InChI is InChI=1S/C11H15ClN2O3/c1-17-10-3-2-8(5-9(10)12)14-6-7(13)4-11(15)16/h2-3,5,7,14H,4,6,13H2,1H3,(H,15,16). The van der Waals surface area contributed by atoms with Crippen molar-refractivity contribution in [1.82, 2.24) is 0 Å². The molecule has 0 bridgehead atoms. The van der Waals surface area contributed by atoms with Crippen molar-refractivity contribution in [3.63, 3.8) is 0 Å². The molecule has 0 aliphatic rings. The second kappa shape index (κ2) is 6.32. The van der Waals surface area contributed by atoms with Gasteiger partial charge in [-0.3, -0.25) is 4.79 Å². The van der Waals surface area contributed by atoms with Crippen molar-refractivity contribution < 1.29 is 14.6 Å². The van der Waals surface area contributed by atoms with Crippen LogP contribution in [0.15, 0.2) is 18.2 Å². The number of halogens is 1. The number of nitrogens with one attached hydrogen (secondary N) is 1. The minimum absolute atomic E-state index is 0.0725. The predicted molar refractivity (Wildman–Crippen MR) is 66.7 cm³/mol. The fraction of sp³-hybridized carbons (Fsp3) is 0.364. The van der Waals surface area contributed by atoms with E-state index in [1.807, 2.05) is 0 Å². The normalized spacial score (nSPS) is 11.9. The van der Waals surface area contributed by atoms with Crippen LogP contribution >= 0.6 is 11.6 Å². The maximum absolute atomic E-state index is 10.4. The SMILES string of the molecule is COc1ccc(NCC(N)CC(=O)O)cc1Cl. The number of rotatable bonds is 6. The van der Waals surface area contributed by atoms with Crippen LogP contribution in [0.1, 0.15) is 6.42 Å². The molecule has 0 aromatic heterocycles. The van der Waals surface area contributed by atoms with Gasteiger partial charge in [0.1, 0.15) is 5.75 Å². The van der Waals surface area contributed by atoms with Crippen molar-refractivity contribution in [3.05, 3.63) is 23.2 Å². The van der Waals surface area contributed by atoms with E-state index < -0.39 is 12.0 Å². The first-order chi connectivity index (χ1) is 8.02. The number of benzene rings is 1. The third-order valence-electron chi connectivity index (χ3n) is 2.16. The van der Waals surface area contributed by atoms with Gasteiger partial charge in [0.2, 0.25) is 0 Å². The number of carboxylic acid groups (broad SMARTS) is 1. The first-order valence-electron chi connectivity index (χ1n) is 5.07. The summed E-state index contributed by atoms with van der Waals surface area (Å²) in [6, 6.07) is 4.79. The molecule has 4 N–H and O–H groups in total. The van der Waals surface area contributed by atoms with Gasteiger partial charge in [0.15, 0.2) is 0 Å².